The topological polar surface area (TPSA) is 80.3 Å². The number of furan rings is 1. The number of carbonyl (C=O) groups excluding carboxylic acids is 1. The van der Waals surface area contributed by atoms with E-state index in [1.807, 2.05) is 23.7 Å². The summed E-state index contributed by atoms with van der Waals surface area (Å²) in [7, 11) is 0. The highest BCUT2D eigenvalue weighted by molar-refractivity contribution is 5.91. The number of aryl methyl sites for hydroxylation is 1. The minimum absolute atomic E-state index is 0.139. The maximum absolute atomic E-state index is 13.1. The average molecular weight is 364 g/mol. The first-order valence-electron chi connectivity index (χ1n) is 9.18. The molecule has 8 nitrogen and oxygen atoms in total. The Kier molecular flexibility index (Phi) is 3.70. The molecular formula is C19H20N6O2. The highest BCUT2D eigenvalue weighted by atomic mass is 16.3. The summed E-state index contributed by atoms with van der Waals surface area (Å²) in [5.41, 5.74) is 1.84. The lowest BCUT2D eigenvalue weighted by molar-refractivity contribution is 0.0697. The molecular weight excluding hydrogens is 344 g/mol. The van der Waals surface area contributed by atoms with Crippen LogP contribution in [0.15, 0.2) is 35.1 Å². The van der Waals surface area contributed by atoms with Crippen molar-refractivity contribution < 1.29 is 9.21 Å². The van der Waals surface area contributed by atoms with Gasteiger partial charge >= 0.3 is 0 Å². The van der Waals surface area contributed by atoms with Crippen molar-refractivity contribution in [2.75, 3.05) is 18.0 Å². The number of anilines is 1. The summed E-state index contributed by atoms with van der Waals surface area (Å²) in [4.78, 5) is 26.2. The average Bonchev–Trinajstić information content (AvgIpc) is 3.41. The van der Waals surface area contributed by atoms with Gasteiger partial charge < -0.3 is 14.2 Å². The Hall–Kier alpha value is -3.16. The predicted octanol–water partition coefficient (Wildman–Crippen LogP) is 2.32. The van der Waals surface area contributed by atoms with E-state index in [-0.39, 0.29) is 5.91 Å². The van der Waals surface area contributed by atoms with Gasteiger partial charge in [0.1, 0.15) is 17.9 Å². The van der Waals surface area contributed by atoms with Crippen LogP contribution in [0.3, 0.4) is 0 Å². The Morgan fingerprint density at radius 2 is 1.89 bits per heavy atom. The maximum atomic E-state index is 13.1. The third-order valence-electron chi connectivity index (χ3n) is 5.17. The molecule has 0 saturated carbocycles. The van der Waals surface area contributed by atoms with E-state index in [2.05, 4.69) is 20.0 Å². The lowest BCUT2D eigenvalue weighted by Gasteiger charge is -2.23. The SMILES string of the molecule is Cc1ccc(C(=O)N2Cc3c(N4CCCC4)ncnc3-n3nccc3C2)o1. The van der Waals surface area contributed by atoms with Crippen LogP contribution >= 0.6 is 0 Å². The van der Waals surface area contributed by atoms with Crippen LogP contribution in [0.2, 0.25) is 0 Å². The van der Waals surface area contributed by atoms with E-state index in [4.69, 9.17) is 4.42 Å². The number of rotatable bonds is 2. The largest absolute Gasteiger partial charge is 0.456 e. The molecule has 27 heavy (non-hydrogen) atoms. The van der Waals surface area contributed by atoms with Crippen LogP contribution in [0.25, 0.3) is 5.82 Å². The van der Waals surface area contributed by atoms with Gasteiger partial charge in [0.05, 0.1) is 24.3 Å². The van der Waals surface area contributed by atoms with Gasteiger partial charge in [-0.1, -0.05) is 0 Å². The summed E-state index contributed by atoms with van der Waals surface area (Å²) in [6.07, 6.45) is 5.63. The molecule has 0 spiro atoms. The zero-order chi connectivity index (χ0) is 18.4. The highest BCUT2D eigenvalue weighted by Crippen LogP contribution is 2.31. The monoisotopic (exact) mass is 364 g/mol. The van der Waals surface area contributed by atoms with E-state index < -0.39 is 0 Å². The summed E-state index contributed by atoms with van der Waals surface area (Å²) in [5.74, 6) is 2.58. The summed E-state index contributed by atoms with van der Waals surface area (Å²) in [6.45, 7) is 4.64. The van der Waals surface area contributed by atoms with Gasteiger partial charge in [0, 0.05) is 19.3 Å². The van der Waals surface area contributed by atoms with Gasteiger partial charge in [-0.2, -0.15) is 5.10 Å². The molecule has 0 N–H and O–H groups in total. The van der Waals surface area contributed by atoms with E-state index in [9.17, 15) is 4.79 Å². The van der Waals surface area contributed by atoms with Gasteiger partial charge in [-0.25, -0.2) is 14.6 Å². The molecule has 3 aromatic heterocycles. The normalized spacial score (nSPS) is 16.2. The van der Waals surface area contributed by atoms with Crippen LogP contribution in [0.4, 0.5) is 5.82 Å². The molecule has 1 fully saturated rings. The molecule has 1 amide bonds. The van der Waals surface area contributed by atoms with Gasteiger partial charge in [0.25, 0.3) is 5.91 Å². The fourth-order valence-corrected chi connectivity index (χ4v) is 3.85. The third-order valence-corrected chi connectivity index (χ3v) is 5.17. The Labute approximate surface area is 156 Å². The minimum atomic E-state index is -0.139. The van der Waals surface area contributed by atoms with Crippen LogP contribution in [-0.4, -0.2) is 43.6 Å². The molecule has 5 rings (SSSR count). The first-order chi connectivity index (χ1) is 13.2. The quantitative estimate of drug-likeness (QED) is 0.694. The van der Waals surface area contributed by atoms with E-state index in [1.165, 1.54) is 0 Å². The fourth-order valence-electron chi connectivity index (χ4n) is 3.85. The predicted molar refractivity (Wildman–Crippen MR) is 97.6 cm³/mol. The first-order valence-corrected chi connectivity index (χ1v) is 9.18. The lowest BCUT2D eigenvalue weighted by atomic mass is 10.2. The Bertz CT molecular complexity index is 1000. The van der Waals surface area contributed by atoms with Crippen molar-refractivity contribution in [1.82, 2.24) is 24.6 Å². The number of hydrogen-bond donors (Lipinski definition) is 0. The van der Waals surface area contributed by atoms with Crippen molar-refractivity contribution in [1.29, 1.82) is 0 Å². The molecule has 8 heteroatoms. The molecule has 138 valence electrons. The molecule has 2 aliphatic rings. The van der Waals surface area contributed by atoms with Crippen molar-refractivity contribution >= 4 is 11.7 Å². The van der Waals surface area contributed by atoms with Crippen LogP contribution in [0.1, 0.15) is 40.4 Å². The maximum Gasteiger partial charge on any atom is 0.290 e. The first kappa shape index (κ1) is 16.0. The van der Waals surface area contributed by atoms with Crippen LogP contribution in [0, 0.1) is 6.92 Å². The summed E-state index contributed by atoms with van der Waals surface area (Å²) >= 11 is 0. The molecule has 3 aromatic rings. The van der Waals surface area contributed by atoms with Gasteiger partial charge in [-0.3, -0.25) is 4.79 Å². The summed E-state index contributed by atoms with van der Waals surface area (Å²) in [5, 5.41) is 4.44. The highest BCUT2D eigenvalue weighted by Gasteiger charge is 2.30. The molecule has 0 aliphatic carbocycles. The molecule has 0 unspecified atom stereocenters. The third kappa shape index (κ3) is 2.68. The Morgan fingerprint density at radius 3 is 2.67 bits per heavy atom. The number of amides is 1. The van der Waals surface area contributed by atoms with Crippen molar-refractivity contribution in [3.05, 3.63) is 53.5 Å². The van der Waals surface area contributed by atoms with Gasteiger partial charge in [-0.05, 0) is 38.0 Å². The standard InChI is InChI=1S/C19H20N6O2/c1-13-4-5-16(27-13)19(26)24-10-14-6-7-22-25(14)18-15(11-24)17(20-12-21-18)23-8-2-3-9-23/h4-7,12H,2-3,8-11H2,1H3. The molecule has 0 atom stereocenters. The van der Waals surface area contributed by atoms with Gasteiger partial charge in [-0.15, -0.1) is 0 Å². The molecule has 2 aliphatic heterocycles. The minimum Gasteiger partial charge on any atom is -0.456 e. The zero-order valence-corrected chi connectivity index (χ0v) is 15.1. The van der Waals surface area contributed by atoms with Crippen molar-refractivity contribution in [2.45, 2.75) is 32.9 Å². The number of nitrogens with zero attached hydrogens (tertiary/aromatic N) is 6. The van der Waals surface area contributed by atoms with E-state index in [0.29, 0.717) is 18.8 Å². The number of aromatic nitrogens is 4. The smallest absolute Gasteiger partial charge is 0.290 e. The van der Waals surface area contributed by atoms with E-state index in [1.54, 1.807) is 23.5 Å². The van der Waals surface area contributed by atoms with Crippen molar-refractivity contribution in [2.24, 2.45) is 0 Å². The van der Waals surface area contributed by atoms with Crippen molar-refractivity contribution in [3.8, 4) is 5.82 Å². The van der Waals surface area contributed by atoms with Crippen LogP contribution < -0.4 is 4.90 Å². The van der Waals surface area contributed by atoms with Crippen molar-refractivity contribution in [3.63, 3.8) is 0 Å². The van der Waals surface area contributed by atoms with Gasteiger partial charge in [0.2, 0.25) is 0 Å². The molecule has 0 bridgehead atoms. The second kappa shape index (κ2) is 6.22. The Morgan fingerprint density at radius 1 is 1.07 bits per heavy atom. The van der Waals surface area contributed by atoms with Crippen LogP contribution in [0.5, 0.6) is 0 Å². The second-order valence-corrected chi connectivity index (χ2v) is 7.00. The zero-order valence-electron chi connectivity index (χ0n) is 15.1. The fraction of sp³-hybridized carbons (Fsp3) is 0.368. The molecule has 5 heterocycles. The summed E-state index contributed by atoms with van der Waals surface area (Å²) < 4.78 is 7.39. The van der Waals surface area contributed by atoms with Crippen LogP contribution in [-0.2, 0) is 13.1 Å². The molecule has 0 radical (unpaired) electrons. The van der Waals surface area contributed by atoms with E-state index in [0.717, 1.165) is 54.6 Å². The molecule has 1 saturated heterocycles. The van der Waals surface area contributed by atoms with Gasteiger partial charge in [0.15, 0.2) is 11.6 Å². The van der Waals surface area contributed by atoms with E-state index >= 15 is 0 Å². The Balaban J connectivity index is 1.61. The number of fused-ring (bicyclic) bond motifs is 3. The number of carbonyl (C=O) groups is 1. The molecule has 0 aromatic carbocycles. The lowest BCUT2D eigenvalue weighted by Crippen LogP contribution is -2.30. The second-order valence-electron chi connectivity index (χ2n) is 7.00. The number of hydrogen-bond acceptors (Lipinski definition) is 6. The summed E-state index contributed by atoms with van der Waals surface area (Å²) in [6, 6.07) is 5.45.